The highest BCUT2D eigenvalue weighted by Gasteiger charge is 2.41. The molecule has 2 aromatic rings. The van der Waals surface area contributed by atoms with Crippen LogP contribution in [0.2, 0.25) is 0 Å². The Balaban J connectivity index is 0.987. The first kappa shape index (κ1) is 64.5. The van der Waals surface area contributed by atoms with Crippen molar-refractivity contribution in [2.45, 2.75) is 295 Å². The maximum atomic E-state index is 6.43. The first-order valence-electron chi connectivity index (χ1n) is 30.8. The predicted molar refractivity (Wildman–Crippen MR) is 320 cm³/mol. The van der Waals surface area contributed by atoms with E-state index in [0.717, 1.165) is 139 Å². The summed E-state index contributed by atoms with van der Waals surface area (Å²) >= 11 is 0. The molecule has 0 amide bonds. The number of aryl methyl sites for hydroxylation is 2. The molecule has 0 bridgehead atoms. The maximum Gasteiger partial charge on any atom is 0.123 e. The van der Waals surface area contributed by atoms with Crippen molar-refractivity contribution >= 4 is 0 Å². The van der Waals surface area contributed by atoms with E-state index >= 15 is 0 Å². The first-order valence-corrected chi connectivity index (χ1v) is 30.8. The van der Waals surface area contributed by atoms with E-state index in [1.54, 1.807) is 0 Å². The largest absolute Gasteiger partial charge is 0.493 e. The van der Waals surface area contributed by atoms with E-state index in [9.17, 15) is 0 Å². The molecule has 446 valence electrons. The van der Waals surface area contributed by atoms with Crippen LogP contribution in [0.3, 0.4) is 0 Å². The summed E-state index contributed by atoms with van der Waals surface area (Å²) in [6, 6.07) is 13.0. The fourth-order valence-electron chi connectivity index (χ4n) is 14.3. The summed E-state index contributed by atoms with van der Waals surface area (Å²) in [6.07, 6.45) is 18.9. The standard InChI is InChI=1S/C66H114N4O8/c1-59(2)41-55(42-60(3,4)67-59)75-31-21-27-71-51-35-49(36-52(39-51)72-28-22-32-76-56-43-61(5,6)68-62(7,8)44-56)25-19-17-18-20-26-50-37-53(73-29-23-33-77-57-45-63(9,10)69-64(11,12)46-57)40-54(38-50)74-30-24-34-78-58-47-65(13,14)70-66(15,16)48-58/h35-40,55-58,67-70H,17-34,41-48H2,1-16H3. The van der Waals surface area contributed by atoms with Crippen LogP contribution in [-0.4, -0.2) is 122 Å². The van der Waals surface area contributed by atoms with E-state index in [2.05, 4.69) is 168 Å². The van der Waals surface area contributed by atoms with Gasteiger partial charge in [0.25, 0.3) is 0 Å². The number of nitrogens with one attached hydrogen (secondary N) is 4. The lowest BCUT2D eigenvalue weighted by atomic mass is 9.81. The zero-order chi connectivity index (χ0) is 56.9. The number of rotatable bonds is 31. The number of benzene rings is 2. The number of unbranched alkanes of at least 4 members (excludes halogenated alkanes) is 3. The van der Waals surface area contributed by atoms with E-state index in [-0.39, 0.29) is 68.7 Å². The molecule has 0 aliphatic carbocycles. The molecular formula is C66H114N4O8. The predicted octanol–water partition coefficient (Wildman–Crippen LogP) is 13.4. The minimum Gasteiger partial charge on any atom is -0.493 e. The van der Waals surface area contributed by atoms with Gasteiger partial charge in [-0.05, 0) is 223 Å². The Hall–Kier alpha value is -2.68. The molecule has 4 saturated heterocycles. The molecular weight excluding hydrogens is 977 g/mol. The molecule has 0 aromatic heterocycles. The highest BCUT2D eigenvalue weighted by atomic mass is 16.5. The second-order valence-corrected chi connectivity index (χ2v) is 29.5. The van der Waals surface area contributed by atoms with Gasteiger partial charge in [-0.1, -0.05) is 12.8 Å². The fraction of sp³-hybridized carbons (Fsp3) is 0.818. The van der Waals surface area contributed by atoms with Crippen molar-refractivity contribution < 1.29 is 37.9 Å². The van der Waals surface area contributed by atoms with Crippen LogP contribution in [-0.2, 0) is 31.8 Å². The van der Waals surface area contributed by atoms with Gasteiger partial charge in [0.1, 0.15) is 23.0 Å². The summed E-state index contributed by atoms with van der Waals surface area (Å²) < 4.78 is 51.4. The third-order valence-corrected chi connectivity index (χ3v) is 15.8. The number of ether oxygens (including phenoxy) is 8. The summed E-state index contributed by atoms with van der Waals surface area (Å²) in [5, 5.41) is 15.1. The van der Waals surface area contributed by atoms with E-state index < -0.39 is 0 Å². The monoisotopic (exact) mass is 1090 g/mol. The van der Waals surface area contributed by atoms with Crippen molar-refractivity contribution in [1.82, 2.24) is 21.3 Å². The van der Waals surface area contributed by atoms with Gasteiger partial charge in [0.15, 0.2) is 0 Å². The highest BCUT2D eigenvalue weighted by Crippen LogP contribution is 2.35. The third kappa shape index (κ3) is 24.0. The van der Waals surface area contributed by atoms with Gasteiger partial charge >= 0.3 is 0 Å². The Morgan fingerprint density at radius 1 is 0.282 bits per heavy atom. The van der Waals surface area contributed by atoms with Gasteiger partial charge < -0.3 is 59.2 Å². The summed E-state index contributed by atoms with van der Waals surface area (Å²) in [5.41, 5.74) is 3.00. The molecule has 4 heterocycles. The summed E-state index contributed by atoms with van der Waals surface area (Å²) in [7, 11) is 0. The van der Waals surface area contributed by atoms with Crippen LogP contribution < -0.4 is 40.2 Å². The van der Waals surface area contributed by atoms with Gasteiger partial charge in [0.05, 0.1) is 77.3 Å². The Kier molecular flexibility index (Phi) is 23.2. The molecule has 0 radical (unpaired) electrons. The van der Waals surface area contributed by atoms with Crippen molar-refractivity contribution in [2.24, 2.45) is 0 Å². The molecule has 6 rings (SSSR count). The Morgan fingerprint density at radius 2 is 0.487 bits per heavy atom. The Bertz CT molecular complexity index is 1770. The van der Waals surface area contributed by atoms with Crippen LogP contribution >= 0.6 is 0 Å². The van der Waals surface area contributed by atoms with Crippen molar-refractivity contribution in [1.29, 1.82) is 0 Å². The van der Waals surface area contributed by atoms with Gasteiger partial charge in [0.2, 0.25) is 0 Å². The second-order valence-electron chi connectivity index (χ2n) is 29.5. The maximum absolute atomic E-state index is 6.43. The molecule has 12 heteroatoms. The molecule has 2 aromatic carbocycles. The molecule has 4 fully saturated rings. The quantitative estimate of drug-likeness (QED) is 0.0538. The van der Waals surface area contributed by atoms with Gasteiger partial charge in [-0.25, -0.2) is 0 Å². The van der Waals surface area contributed by atoms with E-state index in [4.69, 9.17) is 37.9 Å². The molecule has 0 unspecified atom stereocenters. The van der Waals surface area contributed by atoms with Crippen LogP contribution in [0, 0.1) is 0 Å². The lowest BCUT2D eigenvalue weighted by Crippen LogP contribution is -2.59. The van der Waals surface area contributed by atoms with E-state index in [1.165, 1.54) is 11.1 Å². The van der Waals surface area contributed by atoms with Gasteiger partial charge in [-0.3, -0.25) is 0 Å². The smallest absolute Gasteiger partial charge is 0.123 e. The fourth-order valence-corrected chi connectivity index (χ4v) is 14.3. The van der Waals surface area contributed by atoms with Crippen LogP contribution in [0.15, 0.2) is 36.4 Å². The molecule has 12 nitrogen and oxygen atoms in total. The van der Waals surface area contributed by atoms with Crippen LogP contribution in [0.4, 0.5) is 0 Å². The van der Waals surface area contributed by atoms with Crippen LogP contribution in [0.5, 0.6) is 23.0 Å². The van der Waals surface area contributed by atoms with Crippen molar-refractivity contribution in [3.8, 4) is 23.0 Å². The lowest BCUT2D eigenvalue weighted by molar-refractivity contribution is -0.0253. The Morgan fingerprint density at radius 3 is 0.692 bits per heavy atom. The molecule has 0 atom stereocenters. The average molecular weight is 1090 g/mol. The second kappa shape index (κ2) is 28.1. The van der Waals surface area contributed by atoms with Crippen LogP contribution in [0.1, 0.15) is 225 Å². The number of hydrogen-bond acceptors (Lipinski definition) is 12. The lowest BCUT2D eigenvalue weighted by Gasteiger charge is -2.46. The normalized spacial score (nSPS) is 22.7. The Labute approximate surface area is 475 Å². The summed E-state index contributed by atoms with van der Waals surface area (Å²) in [5.74, 6) is 3.47. The topological polar surface area (TPSA) is 122 Å². The zero-order valence-electron chi connectivity index (χ0n) is 52.4. The average Bonchev–Trinajstić information content (AvgIpc) is 3.25. The number of hydrogen-bond donors (Lipinski definition) is 4. The van der Waals surface area contributed by atoms with E-state index in [1.807, 2.05) is 0 Å². The van der Waals surface area contributed by atoms with Gasteiger partial charge in [0, 0.05) is 82.1 Å². The molecule has 0 spiro atoms. The van der Waals surface area contributed by atoms with Crippen molar-refractivity contribution in [3.63, 3.8) is 0 Å². The minimum absolute atomic E-state index is 0.0619. The highest BCUT2D eigenvalue weighted by molar-refractivity contribution is 5.39. The summed E-state index contributed by atoms with van der Waals surface area (Å²) in [4.78, 5) is 0. The SMILES string of the molecule is CC1(C)CC(OCCCOc2cc(CCCCCCc3cc(OCCCOC4CC(C)(C)NC(C)(C)C4)cc(OCCCOC4CC(C)(C)NC(C)(C)C4)c3)cc(OCCCOC3CC(C)(C)NC(C)(C)C3)c2)CC(C)(C)N1. The van der Waals surface area contributed by atoms with Gasteiger partial charge in [-0.15, -0.1) is 0 Å². The molecule has 4 aliphatic rings. The van der Waals surface area contributed by atoms with E-state index in [0.29, 0.717) is 52.9 Å². The third-order valence-electron chi connectivity index (χ3n) is 15.8. The van der Waals surface area contributed by atoms with Crippen molar-refractivity contribution in [3.05, 3.63) is 47.5 Å². The van der Waals surface area contributed by atoms with Crippen molar-refractivity contribution in [2.75, 3.05) is 52.9 Å². The molecule has 0 saturated carbocycles. The van der Waals surface area contributed by atoms with Gasteiger partial charge in [-0.2, -0.15) is 0 Å². The molecule has 78 heavy (non-hydrogen) atoms. The minimum atomic E-state index is 0.0619. The zero-order valence-corrected chi connectivity index (χ0v) is 52.4. The number of piperidine rings is 4. The van der Waals surface area contributed by atoms with Crippen LogP contribution in [0.25, 0.3) is 0 Å². The molecule has 4 aliphatic heterocycles. The summed E-state index contributed by atoms with van der Waals surface area (Å²) in [6.45, 7) is 41.6. The molecule has 4 N–H and O–H groups in total. The first-order chi connectivity index (χ1) is 36.4.